The van der Waals surface area contributed by atoms with Gasteiger partial charge in [0.05, 0.1) is 12.2 Å². The molecule has 0 N–H and O–H groups in total. The highest BCUT2D eigenvalue weighted by Gasteiger charge is 2.30. The first-order chi connectivity index (χ1) is 7.06. The van der Waals surface area contributed by atoms with Gasteiger partial charge in [0.25, 0.3) is 0 Å². The molecule has 0 fully saturated rings. The van der Waals surface area contributed by atoms with E-state index in [0.717, 1.165) is 13.0 Å². The average molecular weight is 208 g/mol. The fourth-order valence-corrected chi connectivity index (χ4v) is 2.12. The Bertz CT molecular complexity index is 238. The Morgan fingerprint density at radius 2 is 2.33 bits per heavy atom. The molecule has 1 unspecified atom stereocenters. The van der Waals surface area contributed by atoms with Crippen molar-refractivity contribution >= 4 is 0 Å². The Morgan fingerprint density at radius 1 is 1.60 bits per heavy atom. The van der Waals surface area contributed by atoms with Crippen LogP contribution in [0.1, 0.15) is 46.5 Å². The second-order valence-electron chi connectivity index (χ2n) is 5.05. The molecule has 1 rings (SSSR count). The minimum Gasteiger partial charge on any atom is -0.375 e. The maximum absolute atomic E-state index is 5.94. The van der Waals surface area contributed by atoms with Crippen LogP contribution >= 0.6 is 0 Å². The normalized spacial score (nSPS) is 22.3. The first-order valence-electron chi connectivity index (χ1n) is 5.96. The fourth-order valence-electron chi connectivity index (χ4n) is 2.12. The lowest BCUT2D eigenvalue weighted by atomic mass is 9.79. The van der Waals surface area contributed by atoms with Gasteiger partial charge in [-0.2, -0.15) is 0 Å². The van der Waals surface area contributed by atoms with Crippen LogP contribution in [-0.4, -0.2) is 12.2 Å². The summed E-state index contributed by atoms with van der Waals surface area (Å²) < 4.78 is 5.94. The van der Waals surface area contributed by atoms with E-state index in [0.29, 0.717) is 5.92 Å². The van der Waals surface area contributed by atoms with Crippen molar-refractivity contribution in [3.63, 3.8) is 0 Å². The first-order valence-corrected chi connectivity index (χ1v) is 5.96. The predicted molar refractivity (Wildman–Crippen MR) is 65.9 cm³/mol. The molecule has 0 aromatic heterocycles. The summed E-state index contributed by atoms with van der Waals surface area (Å²) in [5.41, 5.74) is 1.55. The van der Waals surface area contributed by atoms with Gasteiger partial charge in [-0.15, -0.1) is 6.58 Å². The molecule has 0 amide bonds. The maximum Gasteiger partial charge on any atom is 0.0657 e. The van der Waals surface area contributed by atoms with Gasteiger partial charge < -0.3 is 4.74 Å². The standard InChI is InChI=1S/C14H24O/c1-5-6-11-15-14(3,4)13-9-7-12(2)8-10-13/h5,7,13H,1,6,8-11H2,2-4H3. The molecule has 1 heteroatoms. The summed E-state index contributed by atoms with van der Waals surface area (Å²) in [7, 11) is 0. The number of ether oxygens (including phenoxy) is 1. The molecule has 1 nitrogen and oxygen atoms in total. The number of rotatable bonds is 5. The zero-order valence-electron chi connectivity index (χ0n) is 10.4. The summed E-state index contributed by atoms with van der Waals surface area (Å²) in [5, 5.41) is 0. The smallest absolute Gasteiger partial charge is 0.0657 e. The Labute approximate surface area is 94.2 Å². The zero-order valence-corrected chi connectivity index (χ0v) is 10.4. The monoisotopic (exact) mass is 208 g/mol. The summed E-state index contributed by atoms with van der Waals surface area (Å²) in [6, 6.07) is 0. The predicted octanol–water partition coefficient (Wildman–Crippen LogP) is 4.10. The van der Waals surface area contributed by atoms with E-state index in [1.807, 2.05) is 6.08 Å². The average Bonchev–Trinajstić information content (AvgIpc) is 2.18. The van der Waals surface area contributed by atoms with E-state index in [1.54, 1.807) is 0 Å². The third-order valence-electron chi connectivity index (χ3n) is 3.42. The third-order valence-corrected chi connectivity index (χ3v) is 3.42. The highest BCUT2D eigenvalue weighted by atomic mass is 16.5. The van der Waals surface area contributed by atoms with E-state index in [1.165, 1.54) is 24.8 Å². The van der Waals surface area contributed by atoms with Crippen LogP contribution in [0.15, 0.2) is 24.3 Å². The van der Waals surface area contributed by atoms with Crippen molar-refractivity contribution in [1.82, 2.24) is 0 Å². The molecule has 0 saturated heterocycles. The third kappa shape index (κ3) is 3.83. The summed E-state index contributed by atoms with van der Waals surface area (Å²) in [6.07, 6.45) is 8.91. The lowest BCUT2D eigenvalue weighted by Crippen LogP contribution is -2.35. The van der Waals surface area contributed by atoms with Gasteiger partial charge in [0.2, 0.25) is 0 Å². The molecule has 1 aliphatic rings. The van der Waals surface area contributed by atoms with Crippen LogP contribution in [0.25, 0.3) is 0 Å². The quantitative estimate of drug-likeness (QED) is 0.488. The fraction of sp³-hybridized carbons (Fsp3) is 0.714. The van der Waals surface area contributed by atoms with Gasteiger partial charge in [-0.1, -0.05) is 17.7 Å². The van der Waals surface area contributed by atoms with Crippen LogP contribution < -0.4 is 0 Å². The van der Waals surface area contributed by atoms with Crippen molar-refractivity contribution in [2.45, 2.75) is 52.1 Å². The van der Waals surface area contributed by atoms with Gasteiger partial charge in [0.1, 0.15) is 0 Å². The van der Waals surface area contributed by atoms with E-state index in [4.69, 9.17) is 4.74 Å². The van der Waals surface area contributed by atoms with Crippen molar-refractivity contribution in [2.75, 3.05) is 6.61 Å². The molecule has 0 radical (unpaired) electrons. The highest BCUT2D eigenvalue weighted by molar-refractivity contribution is 5.05. The van der Waals surface area contributed by atoms with Crippen LogP contribution in [0.4, 0.5) is 0 Å². The van der Waals surface area contributed by atoms with Crippen LogP contribution in [0.3, 0.4) is 0 Å². The van der Waals surface area contributed by atoms with E-state index < -0.39 is 0 Å². The molecule has 1 atom stereocenters. The highest BCUT2D eigenvalue weighted by Crippen LogP contribution is 2.34. The molecule has 0 aliphatic heterocycles. The molecule has 0 heterocycles. The lowest BCUT2D eigenvalue weighted by molar-refractivity contribution is -0.0610. The molecule has 86 valence electrons. The van der Waals surface area contributed by atoms with Gasteiger partial charge in [-0.05, 0) is 52.4 Å². The molecule has 0 saturated carbocycles. The molecule has 0 aromatic carbocycles. The molecule has 0 bridgehead atoms. The summed E-state index contributed by atoms with van der Waals surface area (Å²) in [4.78, 5) is 0. The molecule has 15 heavy (non-hydrogen) atoms. The van der Waals surface area contributed by atoms with Crippen molar-refractivity contribution in [1.29, 1.82) is 0 Å². The number of hydrogen-bond acceptors (Lipinski definition) is 1. The first kappa shape index (κ1) is 12.5. The molecular formula is C14H24O. The van der Waals surface area contributed by atoms with Crippen molar-refractivity contribution < 1.29 is 4.74 Å². The van der Waals surface area contributed by atoms with E-state index in [2.05, 4.69) is 33.4 Å². The minimum absolute atomic E-state index is 0.0141. The van der Waals surface area contributed by atoms with E-state index in [9.17, 15) is 0 Å². The Morgan fingerprint density at radius 3 is 2.87 bits per heavy atom. The molecule has 0 spiro atoms. The van der Waals surface area contributed by atoms with Crippen molar-refractivity contribution in [3.8, 4) is 0 Å². The topological polar surface area (TPSA) is 9.23 Å². The van der Waals surface area contributed by atoms with Crippen LogP contribution in [0.2, 0.25) is 0 Å². The lowest BCUT2D eigenvalue weighted by Gasteiger charge is -2.36. The van der Waals surface area contributed by atoms with Crippen LogP contribution in [0.5, 0.6) is 0 Å². The Kier molecular flexibility index (Phi) is 4.59. The van der Waals surface area contributed by atoms with Gasteiger partial charge in [0, 0.05) is 0 Å². The van der Waals surface area contributed by atoms with E-state index in [-0.39, 0.29) is 5.60 Å². The number of hydrogen-bond donors (Lipinski definition) is 0. The molecular weight excluding hydrogens is 184 g/mol. The number of allylic oxidation sites excluding steroid dienone is 2. The zero-order chi connectivity index (χ0) is 11.3. The minimum atomic E-state index is 0.0141. The van der Waals surface area contributed by atoms with Crippen LogP contribution in [-0.2, 0) is 4.74 Å². The maximum atomic E-state index is 5.94. The van der Waals surface area contributed by atoms with E-state index >= 15 is 0 Å². The van der Waals surface area contributed by atoms with Crippen LogP contribution in [0, 0.1) is 5.92 Å². The van der Waals surface area contributed by atoms with Gasteiger partial charge in [-0.25, -0.2) is 0 Å². The second kappa shape index (κ2) is 5.50. The summed E-state index contributed by atoms with van der Waals surface area (Å²) in [5.74, 6) is 0.672. The largest absolute Gasteiger partial charge is 0.375 e. The second-order valence-corrected chi connectivity index (χ2v) is 5.05. The summed E-state index contributed by atoms with van der Waals surface area (Å²) >= 11 is 0. The van der Waals surface area contributed by atoms with Gasteiger partial charge >= 0.3 is 0 Å². The molecule has 0 aromatic rings. The van der Waals surface area contributed by atoms with Crippen molar-refractivity contribution in [2.24, 2.45) is 5.92 Å². The Balaban J connectivity index is 2.43. The SMILES string of the molecule is C=CCCOC(C)(C)C1CC=C(C)CC1. The molecule has 1 aliphatic carbocycles. The van der Waals surface area contributed by atoms with Gasteiger partial charge in [-0.3, -0.25) is 0 Å². The van der Waals surface area contributed by atoms with Crippen molar-refractivity contribution in [3.05, 3.63) is 24.3 Å². The summed E-state index contributed by atoms with van der Waals surface area (Å²) in [6.45, 7) is 11.2. The Hall–Kier alpha value is -0.560. The van der Waals surface area contributed by atoms with Gasteiger partial charge in [0.15, 0.2) is 0 Å².